The topological polar surface area (TPSA) is 32.5 Å². The Balaban J connectivity index is 1.56. The van der Waals surface area contributed by atoms with Gasteiger partial charge in [0.1, 0.15) is 0 Å². The summed E-state index contributed by atoms with van der Waals surface area (Å²) in [5.41, 5.74) is 7.16. The zero-order valence-electron chi connectivity index (χ0n) is 11.7. The van der Waals surface area contributed by atoms with Crippen molar-refractivity contribution in [3.05, 3.63) is 35.9 Å². The molecule has 3 nitrogen and oxygen atoms in total. The van der Waals surface area contributed by atoms with Gasteiger partial charge in [-0.3, -0.25) is 9.80 Å². The molecule has 2 aliphatic heterocycles. The molecular weight excluding hydrogens is 234 g/mol. The average molecular weight is 259 g/mol. The molecule has 0 aromatic heterocycles. The summed E-state index contributed by atoms with van der Waals surface area (Å²) in [6, 6.07) is 12.4. The minimum absolute atomic E-state index is 0.758. The van der Waals surface area contributed by atoms with Gasteiger partial charge in [0.25, 0.3) is 0 Å². The monoisotopic (exact) mass is 259 g/mol. The largest absolute Gasteiger partial charge is 0.330 e. The molecule has 2 unspecified atom stereocenters. The van der Waals surface area contributed by atoms with E-state index in [1.165, 1.54) is 44.5 Å². The highest BCUT2D eigenvalue weighted by Crippen LogP contribution is 2.29. The maximum absolute atomic E-state index is 5.72. The Hall–Kier alpha value is -0.900. The fourth-order valence-electron chi connectivity index (χ4n) is 3.71. The van der Waals surface area contributed by atoms with E-state index in [1.807, 2.05) is 0 Å². The van der Waals surface area contributed by atoms with Crippen molar-refractivity contribution in [3.63, 3.8) is 0 Å². The van der Waals surface area contributed by atoms with E-state index >= 15 is 0 Å². The lowest BCUT2D eigenvalue weighted by Crippen LogP contribution is -2.52. The van der Waals surface area contributed by atoms with E-state index in [1.54, 1.807) is 0 Å². The second-order valence-corrected chi connectivity index (χ2v) is 5.92. The molecule has 1 aromatic carbocycles. The van der Waals surface area contributed by atoms with E-state index in [0.717, 1.165) is 25.2 Å². The van der Waals surface area contributed by atoms with Crippen LogP contribution in [0, 0.1) is 0 Å². The van der Waals surface area contributed by atoms with E-state index in [0.29, 0.717) is 0 Å². The third kappa shape index (κ3) is 2.99. The molecule has 104 valence electrons. The molecule has 3 heteroatoms. The van der Waals surface area contributed by atoms with Crippen LogP contribution in [-0.4, -0.2) is 48.1 Å². The molecule has 0 radical (unpaired) electrons. The van der Waals surface area contributed by atoms with Crippen LogP contribution >= 0.6 is 0 Å². The van der Waals surface area contributed by atoms with E-state index in [9.17, 15) is 0 Å². The Morgan fingerprint density at radius 2 is 1.95 bits per heavy atom. The number of benzene rings is 1. The van der Waals surface area contributed by atoms with Crippen LogP contribution in [0.3, 0.4) is 0 Å². The molecule has 2 atom stereocenters. The third-order valence-electron chi connectivity index (χ3n) is 4.66. The molecule has 2 heterocycles. The Morgan fingerprint density at radius 1 is 1.11 bits per heavy atom. The molecular formula is C16H25N3. The third-order valence-corrected chi connectivity index (χ3v) is 4.66. The normalized spacial score (nSPS) is 28.5. The van der Waals surface area contributed by atoms with Crippen molar-refractivity contribution in [3.8, 4) is 0 Å². The standard InChI is InChI=1S/C16H25N3/c17-9-8-15-6-7-16-13-18(10-11-19(15)16)12-14-4-2-1-3-5-14/h1-5,15-16H,6-13,17H2. The van der Waals surface area contributed by atoms with Gasteiger partial charge in [-0.1, -0.05) is 30.3 Å². The average Bonchev–Trinajstić information content (AvgIpc) is 2.83. The molecule has 2 aliphatic rings. The first-order chi connectivity index (χ1) is 9.36. The predicted molar refractivity (Wildman–Crippen MR) is 78.9 cm³/mol. The van der Waals surface area contributed by atoms with Crippen molar-refractivity contribution >= 4 is 0 Å². The van der Waals surface area contributed by atoms with Crippen LogP contribution in [0.1, 0.15) is 24.8 Å². The van der Waals surface area contributed by atoms with Crippen LogP contribution in [0.25, 0.3) is 0 Å². The van der Waals surface area contributed by atoms with Gasteiger partial charge in [0.2, 0.25) is 0 Å². The first kappa shape index (κ1) is 13.1. The van der Waals surface area contributed by atoms with Crippen molar-refractivity contribution < 1.29 is 0 Å². The quantitative estimate of drug-likeness (QED) is 0.893. The number of nitrogens with zero attached hydrogens (tertiary/aromatic N) is 2. The SMILES string of the molecule is NCCC1CCC2CN(Cc3ccccc3)CCN12. The van der Waals surface area contributed by atoms with Crippen molar-refractivity contribution in [2.45, 2.75) is 37.9 Å². The van der Waals surface area contributed by atoms with Crippen molar-refractivity contribution in [2.24, 2.45) is 5.73 Å². The van der Waals surface area contributed by atoms with Crippen LogP contribution < -0.4 is 5.73 Å². The highest BCUT2D eigenvalue weighted by atomic mass is 15.3. The second-order valence-electron chi connectivity index (χ2n) is 5.92. The van der Waals surface area contributed by atoms with Crippen LogP contribution in [-0.2, 0) is 6.54 Å². The lowest BCUT2D eigenvalue weighted by Gasteiger charge is -2.40. The smallest absolute Gasteiger partial charge is 0.0234 e. The fourth-order valence-corrected chi connectivity index (χ4v) is 3.71. The molecule has 2 saturated heterocycles. The number of piperazine rings is 1. The van der Waals surface area contributed by atoms with E-state index in [-0.39, 0.29) is 0 Å². The van der Waals surface area contributed by atoms with E-state index in [2.05, 4.69) is 40.1 Å². The Labute approximate surface area is 116 Å². The Morgan fingerprint density at radius 3 is 2.74 bits per heavy atom. The minimum Gasteiger partial charge on any atom is -0.330 e. The molecule has 0 spiro atoms. The van der Waals surface area contributed by atoms with Gasteiger partial charge in [-0.15, -0.1) is 0 Å². The Kier molecular flexibility index (Phi) is 4.16. The molecule has 0 saturated carbocycles. The van der Waals surface area contributed by atoms with Crippen LogP contribution in [0.4, 0.5) is 0 Å². The zero-order valence-corrected chi connectivity index (χ0v) is 11.7. The van der Waals surface area contributed by atoms with Crippen LogP contribution in [0.2, 0.25) is 0 Å². The van der Waals surface area contributed by atoms with E-state index < -0.39 is 0 Å². The molecule has 0 amide bonds. The van der Waals surface area contributed by atoms with Crippen molar-refractivity contribution in [2.75, 3.05) is 26.2 Å². The number of fused-ring (bicyclic) bond motifs is 1. The first-order valence-corrected chi connectivity index (χ1v) is 7.59. The van der Waals surface area contributed by atoms with Crippen LogP contribution in [0.15, 0.2) is 30.3 Å². The van der Waals surface area contributed by atoms with Gasteiger partial charge in [-0.2, -0.15) is 0 Å². The fraction of sp³-hybridized carbons (Fsp3) is 0.625. The molecule has 2 fully saturated rings. The summed E-state index contributed by atoms with van der Waals surface area (Å²) in [7, 11) is 0. The number of hydrogen-bond acceptors (Lipinski definition) is 3. The molecule has 19 heavy (non-hydrogen) atoms. The molecule has 3 rings (SSSR count). The number of rotatable bonds is 4. The van der Waals surface area contributed by atoms with Crippen LogP contribution in [0.5, 0.6) is 0 Å². The van der Waals surface area contributed by atoms with Gasteiger partial charge < -0.3 is 5.73 Å². The highest BCUT2D eigenvalue weighted by molar-refractivity contribution is 5.14. The summed E-state index contributed by atoms with van der Waals surface area (Å²) in [6.45, 7) is 5.60. The summed E-state index contributed by atoms with van der Waals surface area (Å²) in [6.07, 6.45) is 3.88. The molecule has 1 aromatic rings. The highest BCUT2D eigenvalue weighted by Gasteiger charge is 2.36. The minimum atomic E-state index is 0.758. The molecule has 2 N–H and O–H groups in total. The van der Waals surface area contributed by atoms with Crippen molar-refractivity contribution in [1.29, 1.82) is 0 Å². The second kappa shape index (κ2) is 6.04. The lowest BCUT2D eigenvalue weighted by molar-refractivity contribution is 0.0721. The summed E-state index contributed by atoms with van der Waals surface area (Å²) in [4.78, 5) is 5.33. The van der Waals surface area contributed by atoms with Crippen molar-refractivity contribution in [1.82, 2.24) is 9.80 Å². The lowest BCUT2D eigenvalue weighted by atomic mass is 10.1. The maximum Gasteiger partial charge on any atom is 0.0234 e. The van der Waals surface area contributed by atoms with Gasteiger partial charge in [-0.05, 0) is 31.4 Å². The predicted octanol–water partition coefficient (Wildman–Crippen LogP) is 1.68. The summed E-state index contributed by atoms with van der Waals surface area (Å²) >= 11 is 0. The summed E-state index contributed by atoms with van der Waals surface area (Å²) in [5, 5.41) is 0. The van der Waals surface area contributed by atoms with Gasteiger partial charge in [0.15, 0.2) is 0 Å². The maximum atomic E-state index is 5.72. The first-order valence-electron chi connectivity index (χ1n) is 7.59. The number of hydrogen-bond donors (Lipinski definition) is 1. The Bertz CT molecular complexity index is 392. The zero-order chi connectivity index (χ0) is 13.1. The van der Waals surface area contributed by atoms with Gasteiger partial charge in [0.05, 0.1) is 0 Å². The van der Waals surface area contributed by atoms with Gasteiger partial charge >= 0.3 is 0 Å². The summed E-state index contributed by atoms with van der Waals surface area (Å²) in [5.74, 6) is 0. The van der Waals surface area contributed by atoms with Gasteiger partial charge in [-0.25, -0.2) is 0 Å². The molecule has 0 aliphatic carbocycles. The molecule has 0 bridgehead atoms. The van der Waals surface area contributed by atoms with Gasteiger partial charge in [0, 0.05) is 38.3 Å². The summed E-state index contributed by atoms with van der Waals surface area (Å²) < 4.78 is 0. The van der Waals surface area contributed by atoms with E-state index in [4.69, 9.17) is 5.73 Å². The number of nitrogens with two attached hydrogens (primary N) is 1.